The van der Waals surface area contributed by atoms with E-state index < -0.39 is 0 Å². The summed E-state index contributed by atoms with van der Waals surface area (Å²) in [5, 5.41) is 6.38. The van der Waals surface area contributed by atoms with Gasteiger partial charge in [-0.05, 0) is 20.8 Å². The summed E-state index contributed by atoms with van der Waals surface area (Å²) < 4.78 is 0. The lowest BCUT2D eigenvalue weighted by Gasteiger charge is -2.21. The Morgan fingerprint density at radius 1 is 1.00 bits per heavy atom. The Morgan fingerprint density at radius 2 is 1.68 bits per heavy atom. The van der Waals surface area contributed by atoms with Gasteiger partial charge in [0, 0.05) is 24.2 Å². The number of hydrogen-bond donors (Lipinski definition) is 2. The lowest BCUT2D eigenvalue weighted by atomic mass is 10.1. The summed E-state index contributed by atoms with van der Waals surface area (Å²) in [6.07, 6.45) is 0. The molecule has 0 radical (unpaired) electrons. The van der Waals surface area contributed by atoms with Crippen molar-refractivity contribution in [2.75, 3.05) is 17.7 Å². The Morgan fingerprint density at radius 3 is 2.26 bits per heavy atom. The molecule has 0 saturated carbocycles. The molecule has 0 saturated heterocycles. The van der Waals surface area contributed by atoms with Crippen molar-refractivity contribution in [1.29, 1.82) is 0 Å². The summed E-state index contributed by atoms with van der Waals surface area (Å²) >= 11 is 0. The summed E-state index contributed by atoms with van der Waals surface area (Å²) in [4.78, 5) is 9.00. The number of nitrogens with one attached hydrogen (secondary N) is 2. The maximum absolute atomic E-state index is 4.57. The second kappa shape index (κ2) is 5.26. The molecule has 100 valence electrons. The van der Waals surface area contributed by atoms with Gasteiger partial charge in [-0.3, -0.25) is 0 Å². The predicted octanol–water partition coefficient (Wildman–Crippen LogP) is 3.40. The van der Waals surface area contributed by atoms with Gasteiger partial charge in [0.25, 0.3) is 0 Å². The predicted molar refractivity (Wildman–Crippen MR) is 80.4 cm³/mol. The van der Waals surface area contributed by atoms with Gasteiger partial charge in [0.1, 0.15) is 5.82 Å². The SMILES string of the molecule is CNc1cc(-c2ccccc2)nc(NC(C)(C)C)n1. The quantitative estimate of drug-likeness (QED) is 0.883. The number of hydrogen-bond acceptors (Lipinski definition) is 4. The minimum absolute atomic E-state index is 0.0691. The highest BCUT2D eigenvalue weighted by Crippen LogP contribution is 2.22. The number of anilines is 2. The molecule has 2 N–H and O–H groups in total. The average Bonchev–Trinajstić information content (AvgIpc) is 2.37. The first-order valence-electron chi connectivity index (χ1n) is 6.38. The van der Waals surface area contributed by atoms with Crippen molar-refractivity contribution in [2.24, 2.45) is 0 Å². The summed E-state index contributed by atoms with van der Waals surface area (Å²) in [6.45, 7) is 6.26. The van der Waals surface area contributed by atoms with E-state index in [4.69, 9.17) is 0 Å². The van der Waals surface area contributed by atoms with Crippen molar-refractivity contribution >= 4 is 11.8 Å². The fourth-order valence-electron chi connectivity index (χ4n) is 1.72. The van der Waals surface area contributed by atoms with Crippen LogP contribution < -0.4 is 10.6 Å². The van der Waals surface area contributed by atoms with Gasteiger partial charge in [-0.1, -0.05) is 30.3 Å². The first-order chi connectivity index (χ1) is 8.98. The van der Waals surface area contributed by atoms with Gasteiger partial charge < -0.3 is 10.6 Å². The highest BCUT2D eigenvalue weighted by Gasteiger charge is 2.13. The van der Waals surface area contributed by atoms with Gasteiger partial charge in [0.2, 0.25) is 5.95 Å². The van der Waals surface area contributed by atoms with Crippen LogP contribution >= 0.6 is 0 Å². The molecule has 0 fully saturated rings. The molecule has 4 nitrogen and oxygen atoms in total. The molecule has 1 aromatic heterocycles. The van der Waals surface area contributed by atoms with E-state index in [9.17, 15) is 0 Å². The van der Waals surface area contributed by atoms with Crippen molar-refractivity contribution in [3.63, 3.8) is 0 Å². The zero-order valence-corrected chi connectivity index (χ0v) is 11.9. The molecule has 1 aromatic carbocycles. The van der Waals surface area contributed by atoms with Crippen molar-refractivity contribution in [3.8, 4) is 11.3 Å². The van der Waals surface area contributed by atoms with Gasteiger partial charge in [-0.2, -0.15) is 4.98 Å². The van der Waals surface area contributed by atoms with Crippen LogP contribution in [0.4, 0.5) is 11.8 Å². The molecule has 4 heteroatoms. The van der Waals surface area contributed by atoms with E-state index in [2.05, 4.69) is 41.4 Å². The van der Waals surface area contributed by atoms with Crippen LogP contribution in [-0.4, -0.2) is 22.6 Å². The fourth-order valence-corrected chi connectivity index (χ4v) is 1.72. The molecule has 0 spiro atoms. The van der Waals surface area contributed by atoms with Crippen LogP contribution in [0.5, 0.6) is 0 Å². The van der Waals surface area contributed by atoms with Crippen molar-refractivity contribution < 1.29 is 0 Å². The van der Waals surface area contributed by atoms with Gasteiger partial charge in [0.05, 0.1) is 5.69 Å². The van der Waals surface area contributed by atoms with E-state index in [1.54, 1.807) is 0 Å². The molecular formula is C15H20N4. The zero-order chi connectivity index (χ0) is 13.9. The molecule has 0 amide bonds. The van der Waals surface area contributed by atoms with Gasteiger partial charge in [-0.25, -0.2) is 4.98 Å². The van der Waals surface area contributed by atoms with E-state index in [1.807, 2.05) is 43.4 Å². The van der Waals surface area contributed by atoms with Crippen molar-refractivity contribution in [1.82, 2.24) is 9.97 Å². The second-order valence-corrected chi connectivity index (χ2v) is 5.45. The number of nitrogens with zero attached hydrogens (tertiary/aromatic N) is 2. The topological polar surface area (TPSA) is 49.8 Å². The normalized spacial score (nSPS) is 11.2. The molecule has 2 aromatic rings. The fraction of sp³-hybridized carbons (Fsp3) is 0.333. The third kappa shape index (κ3) is 3.68. The molecule has 19 heavy (non-hydrogen) atoms. The molecule has 0 unspecified atom stereocenters. The van der Waals surface area contributed by atoms with E-state index in [0.717, 1.165) is 17.1 Å². The monoisotopic (exact) mass is 256 g/mol. The Labute approximate surface area is 114 Å². The van der Waals surface area contributed by atoms with Gasteiger partial charge in [0.15, 0.2) is 0 Å². The maximum atomic E-state index is 4.57. The van der Waals surface area contributed by atoms with Crippen LogP contribution in [0.15, 0.2) is 36.4 Å². The largest absolute Gasteiger partial charge is 0.373 e. The van der Waals surface area contributed by atoms with E-state index in [-0.39, 0.29) is 5.54 Å². The lowest BCUT2D eigenvalue weighted by Crippen LogP contribution is -2.27. The first kappa shape index (κ1) is 13.3. The Bertz CT molecular complexity index is 544. The number of rotatable bonds is 3. The van der Waals surface area contributed by atoms with Gasteiger partial charge >= 0.3 is 0 Å². The van der Waals surface area contributed by atoms with Crippen LogP contribution in [0.2, 0.25) is 0 Å². The molecule has 0 aliphatic heterocycles. The first-order valence-corrected chi connectivity index (χ1v) is 6.38. The van der Waals surface area contributed by atoms with Crippen molar-refractivity contribution in [2.45, 2.75) is 26.3 Å². The van der Waals surface area contributed by atoms with Crippen LogP contribution in [0, 0.1) is 0 Å². The van der Waals surface area contributed by atoms with Crippen LogP contribution in [0.25, 0.3) is 11.3 Å². The zero-order valence-electron chi connectivity index (χ0n) is 11.9. The van der Waals surface area contributed by atoms with Crippen molar-refractivity contribution in [3.05, 3.63) is 36.4 Å². The maximum Gasteiger partial charge on any atom is 0.225 e. The molecule has 0 atom stereocenters. The van der Waals surface area contributed by atoms with E-state index in [1.165, 1.54) is 0 Å². The summed E-state index contributed by atoms with van der Waals surface area (Å²) in [7, 11) is 1.86. The number of aromatic nitrogens is 2. The standard InChI is InChI=1S/C15H20N4/c1-15(2,3)19-14-17-12(10-13(16-4)18-14)11-8-6-5-7-9-11/h5-10H,1-4H3,(H2,16,17,18,19). The summed E-state index contributed by atoms with van der Waals surface area (Å²) in [6, 6.07) is 12.0. The average molecular weight is 256 g/mol. The molecular weight excluding hydrogens is 236 g/mol. The third-order valence-electron chi connectivity index (χ3n) is 2.54. The smallest absolute Gasteiger partial charge is 0.225 e. The number of benzene rings is 1. The molecule has 2 rings (SSSR count). The van der Waals surface area contributed by atoms with Gasteiger partial charge in [-0.15, -0.1) is 0 Å². The Balaban J connectivity index is 2.42. The van der Waals surface area contributed by atoms with E-state index >= 15 is 0 Å². The van der Waals surface area contributed by atoms with Crippen LogP contribution in [0.3, 0.4) is 0 Å². The van der Waals surface area contributed by atoms with E-state index in [0.29, 0.717) is 5.95 Å². The second-order valence-electron chi connectivity index (χ2n) is 5.45. The Kier molecular flexibility index (Phi) is 3.69. The minimum Gasteiger partial charge on any atom is -0.373 e. The van der Waals surface area contributed by atoms with Crippen LogP contribution in [-0.2, 0) is 0 Å². The highest BCUT2D eigenvalue weighted by atomic mass is 15.2. The minimum atomic E-state index is -0.0691. The summed E-state index contributed by atoms with van der Waals surface area (Å²) in [5.74, 6) is 1.44. The molecule has 0 bridgehead atoms. The Hall–Kier alpha value is -2.10. The lowest BCUT2D eigenvalue weighted by molar-refractivity contribution is 0.626. The molecule has 0 aliphatic rings. The van der Waals surface area contributed by atoms with Crippen LogP contribution in [0.1, 0.15) is 20.8 Å². The third-order valence-corrected chi connectivity index (χ3v) is 2.54. The summed E-state index contributed by atoms with van der Waals surface area (Å²) in [5.41, 5.74) is 1.92. The molecule has 1 heterocycles. The molecule has 0 aliphatic carbocycles. The highest BCUT2D eigenvalue weighted by molar-refractivity contribution is 5.64.